The molecule has 160 valence electrons. The number of halogens is 1. The van der Waals surface area contributed by atoms with Crippen molar-refractivity contribution < 1.29 is 13.9 Å². The highest BCUT2D eigenvalue weighted by Crippen LogP contribution is 2.21. The fraction of sp³-hybridized carbons (Fsp3) is 0.250. The number of nitrogens with zero attached hydrogens (tertiary/aromatic N) is 3. The van der Waals surface area contributed by atoms with Gasteiger partial charge in [-0.1, -0.05) is 12.1 Å². The van der Waals surface area contributed by atoms with E-state index in [1.165, 1.54) is 12.1 Å². The van der Waals surface area contributed by atoms with Crippen LogP contribution in [-0.4, -0.2) is 43.0 Å². The highest BCUT2D eigenvalue weighted by Gasteiger charge is 2.16. The monoisotopic (exact) mass is 420 g/mol. The lowest BCUT2D eigenvalue weighted by atomic mass is 10.2. The van der Waals surface area contributed by atoms with Gasteiger partial charge in [0.1, 0.15) is 5.82 Å². The minimum Gasteiger partial charge on any atom is -0.378 e. The molecule has 0 unspecified atom stereocenters. The predicted molar refractivity (Wildman–Crippen MR) is 120 cm³/mol. The topological polar surface area (TPSA) is 58.9 Å². The Morgan fingerprint density at radius 2 is 1.68 bits per heavy atom. The van der Waals surface area contributed by atoms with Gasteiger partial charge in [0.15, 0.2) is 0 Å². The van der Waals surface area contributed by atoms with Crippen LogP contribution in [0.2, 0.25) is 0 Å². The van der Waals surface area contributed by atoms with E-state index >= 15 is 0 Å². The second-order valence-electron chi connectivity index (χ2n) is 7.49. The van der Waals surface area contributed by atoms with Crippen LogP contribution in [0.4, 0.5) is 10.1 Å². The summed E-state index contributed by atoms with van der Waals surface area (Å²) in [6.07, 6.45) is 1.63. The maximum absolute atomic E-state index is 13.2. The fourth-order valence-corrected chi connectivity index (χ4v) is 3.80. The molecule has 7 heteroatoms. The van der Waals surface area contributed by atoms with Gasteiger partial charge in [0, 0.05) is 35.9 Å². The van der Waals surface area contributed by atoms with E-state index in [9.17, 15) is 9.18 Å². The molecule has 2 aromatic carbocycles. The number of aromatic nitrogens is 1. The van der Waals surface area contributed by atoms with E-state index < -0.39 is 0 Å². The maximum Gasteiger partial charge on any atom is 0.273 e. The van der Waals surface area contributed by atoms with E-state index in [0.29, 0.717) is 5.56 Å². The van der Waals surface area contributed by atoms with Gasteiger partial charge in [-0.25, -0.2) is 9.82 Å². The number of carbonyl (C=O) groups excluding carboxylic acids is 1. The first-order valence-corrected chi connectivity index (χ1v) is 10.2. The first-order chi connectivity index (χ1) is 15.0. The Kier molecular flexibility index (Phi) is 6.13. The van der Waals surface area contributed by atoms with Crippen molar-refractivity contribution in [1.82, 2.24) is 9.99 Å². The molecule has 1 saturated heterocycles. The summed E-state index contributed by atoms with van der Waals surface area (Å²) in [6.45, 7) is 7.04. The van der Waals surface area contributed by atoms with Gasteiger partial charge < -0.3 is 14.2 Å². The number of hydrogen-bond donors (Lipinski definition) is 1. The summed E-state index contributed by atoms with van der Waals surface area (Å²) < 4.78 is 20.5. The van der Waals surface area contributed by atoms with Crippen LogP contribution in [0.3, 0.4) is 0 Å². The number of anilines is 1. The van der Waals surface area contributed by atoms with E-state index in [1.807, 2.05) is 42.7 Å². The van der Waals surface area contributed by atoms with Gasteiger partial charge in [0.05, 0.1) is 25.0 Å². The molecule has 3 aromatic rings. The molecule has 0 spiro atoms. The lowest BCUT2D eigenvalue weighted by Gasteiger charge is -2.28. The second kappa shape index (κ2) is 9.14. The molecule has 1 fully saturated rings. The average Bonchev–Trinajstić information content (AvgIpc) is 3.09. The smallest absolute Gasteiger partial charge is 0.273 e. The number of hydrogen-bond acceptors (Lipinski definition) is 4. The van der Waals surface area contributed by atoms with E-state index in [1.54, 1.807) is 24.4 Å². The van der Waals surface area contributed by atoms with Gasteiger partial charge in [-0.3, -0.25) is 4.79 Å². The average molecular weight is 420 g/mol. The molecule has 0 bridgehead atoms. The van der Waals surface area contributed by atoms with E-state index in [-0.39, 0.29) is 11.7 Å². The van der Waals surface area contributed by atoms with Crippen LogP contribution >= 0.6 is 0 Å². The number of ether oxygens (including phenoxy) is 1. The van der Waals surface area contributed by atoms with Crippen molar-refractivity contribution in [2.45, 2.75) is 13.8 Å². The lowest BCUT2D eigenvalue weighted by Crippen LogP contribution is -2.36. The number of hydrazone groups is 1. The Labute approximate surface area is 180 Å². The van der Waals surface area contributed by atoms with Crippen molar-refractivity contribution in [3.05, 3.63) is 82.9 Å². The van der Waals surface area contributed by atoms with Crippen LogP contribution < -0.4 is 10.3 Å². The van der Waals surface area contributed by atoms with Gasteiger partial charge >= 0.3 is 0 Å². The van der Waals surface area contributed by atoms with Crippen molar-refractivity contribution in [3.8, 4) is 5.69 Å². The van der Waals surface area contributed by atoms with E-state index in [4.69, 9.17) is 4.74 Å². The third-order valence-electron chi connectivity index (χ3n) is 5.41. The van der Waals surface area contributed by atoms with Gasteiger partial charge in [-0.05, 0) is 61.9 Å². The highest BCUT2D eigenvalue weighted by molar-refractivity contribution is 5.96. The minimum absolute atomic E-state index is 0.289. The third-order valence-corrected chi connectivity index (χ3v) is 5.41. The molecular weight excluding hydrogens is 395 g/mol. The molecule has 4 rings (SSSR count). The maximum atomic E-state index is 13.2. The van der Waals surface area contributed by atoms with Crippen LogP contribution in [0.5, 0.6) is 0 Å². The van der Waals surface area contributed by atoms with Crippen molar-refractivity contribution in [3.63, 3.8) is 0 Å². The van der Waals surface area contributed by atoms with Crippen molar-refractivity contribution in [2.24, 2.45) is 5.10 Å². The number of amides is 1. The molecule has 0 atom stereocenters. The summed E-state index contributed by atoms with van der Waals surface area (Å²) in [5.74, 6) is -0.584. The summed E-state index contributed by atoms with van der Waals surface area (Å²) in [5.41, 5.74) is 7.64. The Hall–Kier alpha value is -3.45. The first kappa shape index (κ1) is 20.8. The molecule has 0 radical (unpaired) electrons. The summed E-state index contributed by atoms with van der Waals surface area (Å²) in [5, 5.41) is 4.11. The number of nitrogens with one attached hydrogen (secondary N) is 1. The molecule has 1 N–H and O–H groups in total. The zero-order valence-electron chi connectivity index (χ0n) is 17.6. The van der Waals surface area contributed by atoms with Gasteiger partial charge in [0.25, 0.3) is 5.91 Å². The summed E-state index contributed by atoms with van der Waals surface area (Å²) in [7, 11) is 0. The quantitative estimate of drug-likeness (QED) is 0.504. The van der Waals surface area contributed by atoms with Gasteiger partial charge in [0.2, 0.25) is 0 Å². The molecule has 0 aliphatic carbocycles. The molecule has 31 heavy (non-hydrogen) atoms. The first-order valence-electron chi connectivity index (χ1n) is 10.2. The summed E-state index contributed by atoms with van der Waals surface area (Å²) in [4.78, 5) is 14.9. The number of benzene rings is 2. The Morgan fingerprint density at radius 3 is 2.35 bits per heavy atom. The van der Waals surface area contributed by atoms with Crippen LogP contribution in [0, 0.1) is 19.7 Å². The zero-order valence-corrected chi connectivity index (χ0v) is 17.6. The van der Waals surface area contributed by atoms with Crippen LogP contribution in [0.25, 0.3) is 5.69 Å². The molecule has 1 amide bonds. The lowest BCUT2D eigenvalue weighted by molar-refractivity contribution is 0.0954. The zero-order chi connectivity index (χ0) is 21.8. The van der Waals surface area contributed by atoms with Crippen molar-refractivity contribution in [2.75, 3.05) is 31.2 Å². The molecule has 0 saturated carbocycles. The largest absolute Gasteiger partial charge is 0.378 e. The molecular formula is C24H25FN4O2. The van der Waals surface area contributed by atoms with Crippen molar-refractivity contribution in [1.29, 1.82) is 0 Å². The summed E-state index contributed by atoms with van der Waals surface area (Å²) >= 11 is 0. The molecule has 1 aliphatic rings. The van der Waals surface area contributed by atoms with Crippen molar-refractivity contribution >= 4 is 17.8 Å². The minimum atomic E-state index is -0.295. The number of carbonyl (C=O) groups is 1. The number of morpholine rings is 1. The number of rotatable bonds is 5. The van der Waals surface area contributed by atoms with E-state index in [0.717, 1.165) is 54.6 Å². The van der Waals surface area contributed by atoms with Crippen LogP contribution in [0.15, 0.2) is 59.7 Å². The third kappa shape index (κ3) is 4.67. The molecule has 2 heterocycles. The molecule has 1 aromatic heterocycles. The van der Waals surface area contributed by atoms with Crippen LogP contribution in [-0.2, 0) is 4.74 Å². The number of aryl methyl sites for hydroxylation is 1. The standard InChI is InChI=1S/C24H25FN4O2/c1-17-15-23(18(2)29(17)22-9-5-20(25)6-10-22)24(30)27-26-16-19-3-7-21(8-4-19)28-11-13-31-14-12-28/h3-10,15-16H,11-14H2,1-2H3,(H,27,30). The second-order valence-corrected chi connectivity index (χ2v) is 7.49. The van der Waals surface area contributed by atoms with E-state index in [2.05, 4.69) is 15.4 Å². The highest BCUT2D eigenvalue weighted by atomic mass is 19.1. The fourth-order valence-electron chi connectivity index (χ4n) is 3.80. The van der Waals surface area contributed by atoms with Gasteiger partial charge in [-0.15, -0.1) is 0 Å². The van der Waals surface area contributed by atoms with Crippen LogP contribution in [0.1, 0.15) is 27.3 Å². The molecule has 1 aliphatic heterocycles. The Bertz CT molecular complexity index is 1080. The summed E-state index contributed by atoms with van der Waals surface area (Å²) in [6, 6.07) is 16.0. The Morgan fingerprint density at radius 1 is 1.03 bits per heavy atom. The normalized spacial score (nSPS) is 14.2. The Balaban J connectivity index is 1.42. The molecule has 6 nitrogen and oxygen atoms in total. The SMILES string of the molecule is Cc1cc(C(=O)NN=Cc2ccc(N3CCOCC3)cc2)c(C)n1-c1ccc(F)cc1. The van der Waals surface area contributed by atoms with Gasteiger partial charge in [-0.2, -0.15) is 5.10 Å². The predicted octanol–water partition coefficient (Wildman–Crippen LogP) is 3.83.